The number of nitrogens with zero attached hydrogens (tertiary/aromatic N) is 1. The number of benzene rings is 4. The monoisotopic (exact) mass is 608 g/mol. The molecule has 0 atom stereocenters. The largest absolute Gasteiger partial charge is 0.487 e. The van der Waals surface area contributed by atoms with Gasteiger partial charge in [-0.1, -0.05) is 54.6 Å². The van der Waals surface area contributed by atoms with E-state index in [4.69, 9.17) is 4.74 Å². The smallest absolute Gasteiger partial charge is 0.266 e. The molecule has 0 radical (unpaired) electrons. The third kappa shape index (κ3) is 5.81. The summed E-state index contributed by atoms with van der Waals surface area (Å²) in [7, 11) is 0. The maximum absolute atomic E-state index is 12.5. The average molecular weight is 609 g/mol. The first-order valence-corrected chi connectivity index (χ1v) is 12.0. The summed E-state index contributed by atoms with van der Waals surface area (Å²) in [4.78, 5) is 12.5. The number of hydrogen-bond donors (Lipinski definition) is 1. The number of carbonyl (C=O) groups is 1. The van der Waals surface area contributed by atoms with Crippen LogP contribution in [0.5, 0.6) is 5.75 Å². The lowest BCUT2D eigenvalue weighted by Gasteiger charge is -2.12. The van der Waals surface area contributed by atoms with Crippen molar-refractivity contribution in [3.8, 4) is 11.8 Å². The number of carbonyl (C=O) groups excluding carboxylic acids is 1. The Morgan fingerprint density at radius 2 is 1.73 bits per heavy atom. The van der Waals surface area contributed by atoms with E-state index in [0.717, 1.165) is 19.2 Å². The highest BCUT2D eigenvalue weighted by Gasteiger charge is 2.13. The van der Waals surface area contributed by atoms with Gasteiger partial charge in [0.05, 0.1) is 8.04 Å². The molecule has 1 N–H and O–H groups in total. The van der Waals surface area contributed by atoms with Crippen LogP contribution in [-0.2, 0) is 11.4 Å². The highest BCUT2D eigenvalue weighted by atomic mass is 127. The van der Waals surface area contributed by atoms with Crippen LogP contribution in [0.2, 0.25) is 0 Å². The Morgan fingerprint density at radius 1 is 1.00 bits per heavy atom. The van der Waals surface area contributed by atoms with Gasteiger partial charge in [0.2, 0.25) is 0 Å². The molecule has 0 saturated heterocycles. The summed E-state index contributed by atoms with van der Waals surface area (Å²) in [6.07, 6.45) is 1.57. The number of nitrogens with one attached hydrogen (secondary N) is 1. The fourth-order valence-corrected chi connectivity index (χ4v) is 5.09. The van der Waals surface area contributed by atoms with Crippen LogP contribution in [-0.4, -0.2) is 5.91 Å². The van der Waals surface area contributed by atoms with E-state index in [0.29, 0.717) is 18.0 Å². The average Bonchev–Trinajstić information content (AvgIpc) is 2.82. The Morgan fingerprint density at radius 3 is 2.45 bits per heavy atom. The van der Waals surface area contributed by atoms with Gasteiger partial charge in [-0.15, -0.1) is 0 Å². The molecule has 4 nitrogen and oxygen atoms in total. The maximum atomic E-state index is 12.5. The molecule has 0 aliphatic carbocycles. The molecule has 4 aromatic rings. The van der Waals surface area contributed by atoms with E-state index in [9.17, 15) is 10.1 Å². The van der Waals surface area contributed by atoms with E-state index in [1.807, 2.05) is 48.5 Å². The van der Waals surface area contributed by atoms with Crippen LogP contribution in [0.25, 0.3) is 16.8 Å². The second-order valence-corrected chi connectivity index (χ2v) is 9.29. The Bertz CT molecular complexity index is 1370. The van der Waals surface area contributed by atoms with Crippen molar-refractivity contribution in [3.05, 3.63) is 110 Å². The lowest BCUT2D eigenvalue weighted by molar-refractivity contribution is -0.112. The maximum Gasteiger partial charge on any atom is 0.266 e. The Hall–Kier alpha value is -3.15. The molecule has 0 spiro atoms. The molecule has 0 bridgehead atoms. The molecule has 4 aromatic carbocycles. The van der Waals surface area contributed by atoms with Crippen molar-refractivity contribution in [2.45, 2.75) is 6.61 Å². The van der Waals surface area contributed by atoms with Crippen molar-refractivity contribution >= 4 is 67.0 Å². The topological polar surface area (TPSA) is 62.1 Å². The summed E-state index contributed by atoms with van der Waals surface area (Å²) in [5, 5.41) is 14.6. The fourth-order valence-electron chi connectivity index (χ4n) is 3.32. The number of rotatable bonds is 6. The van der Waals surface area contributed by atoms with Crippen molar-refractivity contribution in [2.75, 3.05) is 5.32 Å². The zero-order valence-electron chi connectivity index (χ0n) is 17.4. The van der Waals surface area contributed by atoms with Crippen molar-refractivity contribution in [1.29, 1.82) is 5.26 Å². The predicted octanol–water partition coefficient (Wildman–Crippen LogP) is 7.33. The van der Waals surface area contributed by atoms with Gasteiger partial charge in [-0.3, -0.25) is 4.79 Å². The van der Waals surface area contributed by atoms with Gasteiger partial charge in [-0.25, -0.2) is 0 Å². The molecule has 6 heteroatoms. The lowest BCUT2D eigenvalue weighted by Crippen LogP contribution is -2.13. The van der Waals surface area contributed by atoms with E-state index in [1.165, 1.54) is 10.8 Å². The molecule has 4 rings (SSSR count). The van der Waals surface area contributed by atoms with Gasteiger partial charge < -0.3 is 10.1 Å². The van der Waals surface area contributed by atoms with Gasteiger partial charge >= 0.3 is 0 Å². The van der Waals surface area contributed by atoms with E-state index in [2.05, 4.69) is 74.2 Å². The summed E-state index contributed by atoms with van der Waals surface area (Å²) in [5.74, 6) is 0.264. The molecule has 0 aromatic heterocycles. The molecule has 0 saturated carbocycles. The Kier molecular flexibility index (Phi) is 7.43. The summed E-state index contributed by atoms with van der Waals surface area (Å²) in [5.41, 5.74) is 2.46. The van der Waals surface area contributed by atoms with Gasteiger partial charge in [-0.05, 0) is 96.8 Å². The molecule has 0 aliphatic rings. The molecule has 0 fully saturated rings. The molecule has 0 unspecified atom stereocenters. The van der Waals surface area contributed by atoms with Crippen LogP contribution in [0.1, 0.15) is 11.1 Å². The minimum absolute atomic E-state index is 0.0198. The van der Waals surface area contributed by atoms with Gasteiger partial charge in [0.1, 0.15) is 24.0 Å². The van der Waals surface area contributed by atoms with Crippen LogP contribution in [0.3, 0.4) is 0 Å². The van der Waals surface area contributed by atoms with Gasteiger partial charge in [0.15, 0.2) is 0 Å². The number of ether oxygens (including phenoxy) is 1. The molecular weight excluding hydrogens is 591 g/mol. The van der Waals surface area contributed by atoms with Gasteiger partial charge in [0, 0.05) is 5.69 Å². The van der Waals surface area contributed by atoms with Gasteiger partial charge in [-0.2, -0.15) is 5.26 Å². The van der Waals surface area contributed by atoms with E-state index in [-0.39, 0.29) is 5.57 Å². The van der Waals surface area contributed by atoms with Crippen molar-refractivity contribution in [2.24, 2.45) is 0 Å². The normalized spacial score (nSPS) is 11.1. The van der Waals surface area contributed by atoms with Crippen molar-refractivity contribution in [1.82, 2.24) is 0 Å². The zero-order chi connectivity index (χ0) is 23.2. The summed E-state index contributed by atoms with van der Waals surface area (Å²) >= 11 is 5.77. The second-order valence-electron chi connectivity index (χ2n) is 7.27. The zero-order valence-corrected chi connectivity index (χ0v) is 21.1. The third-order valence-corrected chi connectivity index (χ3v) is 6.32. The van der Waals surface area contributed by atoms with E-state index < -0.39 is 5.91 Å². The van der Waals surface area contributed by atoms with Crippen LogP contribution >= 0.6 is 38.5 Å². The number of nitriles is 1. The predicted molar refractivity (Wildman–Crippen MR) is 144 cm³/mol. The van der Waals surface area contributed by atoms with Crippen LogP contribution < -0.4 is 10.1 Å². The minimum atomic E-state index is -0.452. The number of anilines is 1. The minimum Gasteiger partial charge on any atom is -0.487 e. The molecular formula is C27H18BrIN2O2. The Balaban J connectivity index is 1.50. The summed E-state index contributed by atoms with van der Waals surface area (Å²) < 4.78 is 7.72. The van der Waals surface area contributed by atoms with Crippen molar-refractivity contribution in [3.63, 3.8) is 0 Å². The SMILES string of the molecule is N#C/C(=C/c1cc(Br)c(OCc2ccc3ccccc3c2)c(I)c1)C(=O)Nc1ccccc1. The molecule has 1 amide bonds. The standard InChI is InChI=1S/C27H18BrIN2O2/c28-24-14-19(13-22(16-30)27(32)31-23-8-2-1-3-9-23)15-25(29)26(24)33-17-18-10-11-20-6-4-5-7-21(20)12-18/h1-15H,17H2,(H,31,32)/b22-13-. The number of halogens is 2. The third-order valence-electron chi connectivity index (χ3n) is 4.93. The number of amides is 1. The Labute approximate surface area is 214 Å². The number of fused-ring (bicyclic) bond motifs is 1. The quantitative estimate of drug-likeness (QED) is 0.142. The summed E-state index contributed by atoms with van der Waals surface area (Å²) in [6, 6.07) is 29.2. The van der Waals surface area contributed by atoms with Gasteiger partial charge in [0.25, 0.3) is 5.91 Å². The first-order valence-electron chi connectivity index (χ1n) is 10.1. The molecule has 0 heterocycles. The second kappa shape index (κ2) is 10.6. The first kappa shape index (κ1) is 23.0. The van der Waals surface area contributed by atoms with Crippen molar-refractivity contribution < 1.29 is 9.53 Å². The highest BCUT2D eigenvalue weighted by molar-refractivity contribution is 14.1. The molecule has 33 heavy (non-hydrogen) atoms. The van der Waals surface area contributed by atoms with E-state index in [1.54, 1.807) is 18.2 Å². The first-order chi connectivity index (χ1) is 16.0. The van der Waals surface area contributed by atoms with Crippen LogP contribution in [0.4, 0.5) is 5.69 Å². The summed E-state index contributed by atoms with van der Waals surface area (Å²) in [6.45, 7) is 0.428. The lowest BCUT2D eigenvalue weighted by atomic mass is 10.1. The number of para-hydroxylation sites is 1. The fraction of sp³-hybridized carbons (Fsp3) is 0.0370. The van der Waals surface area contributed by atoms with E-state index >= 15 is 0 Å². The highest BCUT2D eigenvalue weighted by Crippen LogP contribution is 2.33. The van der Waals surface area contributed by atoms with Crippen LogP contribution in [0.15, 0.2) is 95.0 Å². The molecule has 162 valence electrons. The van der Waals surface area contributed by atoms with Crippen LogP contribution in [0, 0.1) is 14.9 Å². The number of hydrogen-bond acceptors (Lipinski definition) is 3. The molecule has 0 aliphatic heterocycles.